The first-order valence-corrected chi connectivity index (χ1v) is 6.75. The van der Waals surface area contributed by atoms with Gasteiger partial charge in [0, 0.05) is 6.61 Å². The lowest BCUT2D eigenvalue weighted by Gasteiger charge is -2.07. The average Bonchev–Trinajstić information content (AvgIpc) is 2.47. The Morgan fingerprint density at radius 3 is 1.30 bits per heavy atom. The Morgan fingerprint density at radius 2 is 0.950 bits per heavy atom. The SMILES string of the molecule is CCOCCOCCOCCOCCOCCON=O. The Morgan fingerprint density at radius 1 is 0.600 bits per heavy atom. The molecule has 8 nitrogen and oxygen atoms in total. The second-order valence-corrected chi connectivity index (χ2v) is 3.55. The third-order valence-electron chi connectivity index (χ3n) is 2.06. The van der Waals surface area contributed by atoms with Gasteiger partial charge in [0.1, 0.15) is 6.61 Å². The number of nitrogens with zero attached hydrogens (tertiary/aromatic N) is 1. The van der Waals surface area contributed by atoms with Gasteiger partial charge in [0.25, 0.3) is 0 Å². The normalized spacial score (nSPS) is 10.7. The molecule has 0 saturated carbocycles. The molecule has 0 spiro atoms. The summed E-state index contributed by atoms with van der Waals surface area (Å²) in [6.45, 7) is 7.41. The number of ether oxygens (including phenoxy) is 5. The largest absolute Gasteiger partial charge is 0.379 e. The fourth-order valence-corrected chi connectivity index (χ4v) is 1.16. The van der Waals surface area contributed by atoms with Crippen molar-refractivity contribution in [1.82, 2.24) is 0 Å². The van der Waals surface area contributed by atoms with Crippen LogP contribution in [0.1, 0.15) is 6.92 Å². The van der Waals surface area contributed by atoms with Crippen LogP contribution in [0.15, 0.2) is 5.34 Å². The van der Waals surface area contributed by atoms with E-state index in [0.29, 0.717) is 66.1 Å². The summed E-state index contributed by atoms with van der Waals surface area (Å²) in [5, 5.41) is 2.24. The van der Waals surface area contributed by atoms with Crippen LogP contribution < -0.4 is 0 Å². The lowest BCUT2D eigenvalue weighted by atomic mass is 10.7. The first kappa shape index (κ1) is 19.2. The van der Waals surface area contributed by atoms with Crippen molar-refractivity contribution in [3.8, 4) is 0 Å². The molecule has 0 aromatic carbocycles. The lowest BCUT2D eigenvalue weighted by Crippen LogP contribution is -2.13. The van der Waals surface area contributed by atoms with Gasteiger partial charge < -0.3 is 28.5 Å². The maximum Gasteiger partial charge on any atom is 0.155 e. The van der Waals surface area contributed by atoms with E-state index in [2.05, 4.69) is 10.2 Å². The maximum absolute atomic E-state index is 9.57. The molecule has 0 unspecified atom stereocenters. The van der Waals surface area contributed by atoms with Gasteiger partial charge in [0.15, 0.2) is 5.34 Å². The van der Waals surface area contributed by atoms with Gasteiger partial charge >= 0.3 is 0 Å². The van der Waals surface area contributed by atoms with Crippen LogP contribution in [0, 0.1) is 4.91 Å². The van der Waals surface area contributed by atoms with E-state index in [1.807, 2.05) is 6.92 Å². The zero-order chi connectivity index (χ0) is 14.7. The summed E-state index contributed by atoms with van der Waals surface area (Å²) >= 11 is 0. The lowest BCUT2D eigenvalue weighted by molar-refractivity contribution is -0.0161. The topological polar surface area (TPSA) is 84.8 Å². The Labute approximate surface area is 119 Å². The molecule has 8 heteroatoms. The van der Waals surface area contributed by atoms with Crippen molar-refractivity contribution < 1.29 is 28.5 Å². The molecule has 0 amide bonds. The smallest absolute Gasteiger partial charge is 0.155 e. The van der Waals surface area contributed by atoms with E-state index in [0.717, 1.165) is 0 Å². The molecule has 0 aromatic rings. The minimum Gasteiger partial charge on any atom is -0.379 e. The molecule has 0 saturated heterocycles. The van der Waals surface area contributed by atoms with Gasteiger partial charge in [-0.05, 0) is 6.92 Å². The van der Waals surface area contributed by atoms with Crippen LogP contribution in [-0.2, 0) is 28.5 Å². The monoisotopic (exact) mass is 295 g/mol. The van der Waals surface area contributed by atoms with Crippen molar-refractivity contribution in [2.75, 3.05) is 72.7 Å². The fraction of sp³-hybridized carbons (Fsp3) is 1.00. The molecule has 120 valence electrons. The van der Waals surface area contributed by atoms with E-state index in [1.54, 1.807) is 0 Å². The summed E-state index contributed by atoms with van der Waals surface area (Å²) in [5.74, 6) is 0. The molecule has 0 aliphatic heterocycles. The molecule has 0 N–H and O–H groups in total. The van der Waals surface area contributed by atoms with Crippen LogP contribution in [0.3, 0.4) is 0 Å². The first-order chi connectivity index (χ1) is 9.91. The number of hydrogen-bond donors (Lipinski definition) is 0. The molecule has 0 atom stereocenters. The zero-order valence-corrected chi connectivity index (χ0v) is 12.1. The van der Waals surface area contributed by atoms with E-state index < -0.39 is 0 Å². The molecule has 0 radical (unpaired) electrons. The highest BCUT2D eigenvalue weighted by Gasteiger charge is 1.93. The minimum atomic E-state index is 0.163. The first-order valence-electron chi connectivity index (χ1n) is 6.75. The maximum atomic E-state index is 9.57. The Hall–Kier alpha value is -0.800. The van der Waals surface area contributed by atoms with Crippen LogP contribution in [0.4, 0.5) is 0 Å². The quantitative estimate of drug-likeness (QED) is 0.223. The Balaban J connectivity index is 2.90. The summed E-state index contributed by atoms with van der Waals surface area (Å²) < 4.78 is 26.1. The van der Waals surface area contributed by atoms with Gasteiger partial charge in [-0.15, -0.1) is 4.91 Å². The molecule has 0 rings (SSSR count). The van der Waals surface area contributed by atoms with Crippen molar-refractivity contribution in [2.45, 2.75) is 6.92 Å². The Kier molecular flexibility index (Phi) is 17.5. The summed E-state index contributed by atoms with van der Waals surface area (Å²) in [6.07, 6.45) is 0. The minimum absolute atomic E-state index is 0.163. The number of rotatable bonds is 17. The third-order valence-corrected chi connectivity index (χ3v) is 2.06. The van der Waals surface area contributed by atoms with Crippen molar-refractivity contribution in [3.05, 3.63) is 4.91 Å². The fourth-order valence-electron chi connectivity index (χ4n) is 1.16. The van der Waals surface area contributed by atoms with Gasteiger partial charge in [-0.25, -0.2) is 0 Å². The molecule has 0 aromatic heterocycles. The standard InChI is InChI=1S/C12H25NO7/c1-2-15-3-4-16-5-6-17-7-8-18-9-10-19-11-12-20-13-14/h2-12H2,1H3. The number of hydrogen-bond acceptors (Lipinski definition) is 8. The van der Waals surface area contributed by atoms with E-state index in [1.165, 1.54) is 0 Å². The third kappa shape index (κ3) is 17.2. The van der Waals surface area contributed by atoms with Crippen molar-refractivity contribution in [1.29, 1.82) is 0 Å². The van der Waals surface area contributed by atoms with Gasteiger partial charge in [0.2, 0.25) is 0 Å². The van der Waals surface area contributed by atoms with E-state index in [9.17, 15) is 4.91 Å². The van der Waals surface area contributed by atoms with Crippen LogP contribution in [0.2, 0.25) is 0 Å². The predicted molar refractivity (Wildman–Crippen MR) is 71.5 cm³/mol. The molecule has 0 fully saturated rings. The molecule has 0 aliphatic carbocycles. The van der Waals surface area contributed by atoms with Crippen LogP contribution in [0.25, 0.3) is 0 Å². The average molecular weight is 295 g/mol. The molecule has 0 heterocycles. The van der Waals surface area contributed by atoms with Gasteiger partial charge in [-0.1, -0.05) is 0 Å². The van der Waals surface area contributed by atoms with Crippen molar-refractivity contribution in [3.63, 3.8) is 0 Å². The predicted octanol–water partition coefficient (Wildman–Crippen LogP) is 0.787. The van der Waals surface area contributed by atoms with E-state index >= 15 is 0 Å². The van der Waals surface area contributed by atoms with Gasteiger partial charge in [0.05, 0.1) is 59.5 Å². The van der Waals surface area contributed by atoms with Crippen molar-refractivity contribution >= 4 is 0 Å². The molecular formula is C12H25NO7. The van der Waals surface area contributed by atoms with E-state index in [-0.39, 0.29) is 6.61 Å². The summed E-state index contributed by atoms with van der Waals surface area (Å²) in [6, 6.07) is 0. The molecule has 20 heavy (non-hydrogen) atoms. The van der Waals surface area contributed by atoms with Crippen LogP contribution in [0.5, 0.6) is 0 Å². The van der Waals surface area contributed by atoms with Gasteiger partial charge in [-0.3, -0.25) is 0 Å². The Bertz CT molecular complexity index is 195. The van der Waals surface area contributed by atoms with Crippen LogP contribution >= 0.6 is 0 Å². The molecule has 0 bridgehead atoms. The highest BCUT2D eigenvalue weighted by Crippen LogP contribution is 1.84. The molecule has 0 aliphatic rings. The van der Waals surface area contributed by atoms with E-state index in [4.69, 9.17) is 23.7 Å². The molecular weight excluding hydrogens is 270 g/mol. The highest BCUT2D eigenvalue weighted by atomic mass is 16.7. The van der Waals surface area contributed by atoms with Gasteiger partial charge in [-0.2, -0.15) is 0 Å². The second-order valence-electron chi connectivity index (χ2n) is 3.55. The highest BCUT2D eigenvalue weighted by molar-refractivity contribution is 4.35. The zero-order valence-electron chi connectivity index (χ0n) is 12.1. The summed E-state index contributed by atoms with van der Waals surface area (Å²) in [5.41, 5.74) is 0. The van der Waals surface area contributed by atoms with Crippen molar-refractivity contribution in [2.24, 2.45) is 5.34 Å². The van der Waals surface area contributed by atoms with Crippen LogP contribution in [-0.4, -0.2) is 72.7 Å². The second kappa shape index (κ2) is 18.2. The summed E-state index contributed by atoms with van der Waals surface area (Å²) in [4.78, 5) is 13.8. The summed E-state index contributed by atoms with van der Waals surface area (Å²) in [7, 11) is 0.